The summed E-state index contributed by atoms with van der Waals surface area (Å²) in [5.41, 5.74) is 1.40. The van der Waals surface area contributed by atoms with Crippen molar-refractivity contribution in [1.29, 1.82) is 0 Å². The molecule has 0 fully saturated rings. The van der Waals surface area contributed by atoms with Crippen molar-refractivity contribution in [3.63, 3.8) is 0 Å². The lowest BCUT2D eigenvalue weighted by molar-refractivity contribution is -0.139. The first-order chi connectivity index (χ1) is 11.7. The van der Waals surface area contributed by atoms with E-state index in [2.05, 4.69) is 21.1 Å². The second kappa shape index (κ2) is 9.35. The van der Waals surface area contributed by atoms with Crippen LogP contribution in [0.2, 0.25) is 0 Å². The van der Waals surface area contributed by atoms with Gasteiger partial charge in [0.25, 0.3) is 0 Å². The van der Waals surface area contributed by atoms with Gasteiger partial charge in [-0.05, 0) is 0 Å². The van der Waals surface area contributed by atoms with E-state index in [0.29, 0.717) is 17.5 Å². The molecule has 0 aliphatic rings. The molecule has 1 atom stereocenters. The molecule has 2 aromatic rings. The van der Waals surface area contributed by atoms with Gasteiger partial charge in [0.1, 0.15) is 5.71 Å². The van der Waals surface area contributed by atoms with Gasteiger partial charge in [0.15, 0.2) is 6.29 Å². The monoisotopic (exact) mass is 389 g/mol. The van der Waals surface area contributed by atoms with Crippen molar-refractivity contribution < 1.29 is 14.4 Å². The Balaban J connectivity index is 2.39. The van der Waals surface area contributed by atoms with Gasteiger partial charge < -0.3 is 9.57 Å². The van der Waals surface area contributed by atoms with Gasteiger partial charge in [0, 0.05) is 30.0 Å². The topological polar surface area (TPSA) is 47.9 Å². The Morgan fingerprint density at radius 1 is 1.08 bits per heavy atom. The number of alkyl halides is 1. The first-order valence-electron chi connectivity index (χ1n) is 7.63. The van der Waals surface area contributed by atoms with Crippen LogP contribution in [-0.4, -0.2) is 36.6 Å². The highest BCUT2D eigenvalue weighted by Gasteiger charge is 2.32. The van der Waals surface area contributed by atoms with E-state index >= 15 is 0 Å². The maximum atomic E-state index is 11.6. The Morgan fingerprint density at radius 3 is 2.04 bits per heavy atom. The third kappa shape index (κ3) is 4.76. The van der Waals surface area contributed by atoms with E-state index in [1.165, 1.54) is 7.11 Å². The number of hydrogen-bond acceptors (Lipinski definition) is 4. The van der Waals surface area contributed by atoms with Crippen LogP contribution in [0.4, 0.5) is 0 Å². The van der Waals surface area contributed by atoms with E-state index in [4.69, 9.17) is 9.57 Å². The van der Waals surface area contributed by atoms with Crippen LogP contribution in [0.3, 0.4) is 0 Å². The molecule has 0 aliphatic carbocycles. The Morgan fingerprint density at radius 2 is 1.62 bits per heavy atom. The summed E-state index contributed by atoms with van der Waals surface area (Å²) in [6, 6.07) is 19.5. The molecule has 2 aromatic carbocycles. The van der Waals surface area contributed by atoms with Gasteiger partial charge >= 0.3 is 0 Å². The van der Waals surface area contributed by atoms with E-state index in [-0.39, 0.29) is 6.61 Å². The van der Waals surface area contributed by atoms with Crippen molar-refractivity contribution in [2.24, 2.45) is 5.16 Å². The van der Waals surface area contributed by atoms with Crippen molar-refractivity contribution in [3.05, 3.63) is 71.8 Å². The van der Waals surface area contributed by atoms with Crippen molar-refractivity contribution in [2.45, 2.75) is 12.0 Å². The molecule has 0 saturated carbocycles. The SMILES string of the molecule is COCC(C=O)(CCBr)ON=C(c1ccccc1)c1ccccc1. The molecule has 1 unspecified atom stereocenters. The molecule has 4 nitrogen and oxygen atoms in total. The number of ether oxygens (including phenoxy) is 1. The van der Waals surface area contributed by atoms with Crippen LogP contribution in [0.25, 0.3) is 0 Å². The number of benzene rings is 2. The van der Waals surface area contributed by atoms with Gasteiger partial charge in [-0.25, -0.2) is 0 Å². The van der Waals surface area contributed by atoms with Crippen molar-refractivity contribution in [3.8, 4) is 0 Å². The van der Waals surface area contributed by atoms with Gasteiger partial charge in [0.2, 0.25) is 5.60 Å². The smallest absolute Gasteiger partial charge is 0.216 e. The van der Waals surface area contributed by atoms with E-state index in [1.54, 1.807) is 0 Å². The fourth-order valence-electron chi connectivity index (χ4n) is 2.26. The summed E-state index contributed by atoms with van der Waals surface area (Å²) >= 11 is 3.35. The molecule has 0 heterocycles. The molecule has 0 aromatic heterocycles. The second-order valence-electron chi connectivity index (χ2n) is 5.32. The van der Waals surface area contributed by atoms with Crippen LogP contribution >= 0.6 is 15.9 Å². The summed E-state index contributed by atoms with van der Waals surface area (Å²) in [6.45, 7) is 0.141. The largest absolute Gasteiger partial charge is 0.380 e. The van der Waals surface area contributed by atoms with Crippen molar-refractivity contribution >= 4 is 27.9 Å². The summed E-state index contributed by atoms with van der Waals surface area (Å²) < 4.78 is 5.15. The number of rotatable bonds is 9. The molecule has 0 spiro atoms. The molecular formula is C19H20BrNO3. The summed E-state index contributed by atoms with van der Waals surface area (Å²) in [7, 11) is 1.54. The van der Waals surface area contributed by atoms with Crippen molar-refractivity contribution in [1.82, 2.24) is 0 Å². The molecule has 5 heteroatoms. The Kier molecular flexibility index (Phi) is 7.15. The van der Waals surface area contributed by atoms with Gasteiger partial charge in [-0.15, -0.1) is 0 Å². The molecule has 0 aliphatic heterocycles. The highest BCUT2D eigenvalue weighted by molar-refractivity contribution is 9.09. The minimum Gasteiger partial charge on any atom is -0.380 e. The predicted octanol–water partition coefficient (Wildman–Crippen LogP) is 3.82. The average molecular weight is 390 g/mol. The average Bonchev–Trinajstić information content (AvgIpc) is 2.64. The summed E-state index contributed by atoms with van der Waals surface area (Å²) in [6.07, 6.45) is 1.22. The van der Waals surface area contributed by atoms with Crippen LogP contribution in [0, 0.1) is 0 Å². The number of nitrogens with zero attached hydrogens (tertiary/aromatic N) is 1. The summed E-state index contributed by atoms with van der Waals surface area (Å²) in [4.78, 5) is 17.3. The summed E-state index contributed by atoms with van der Waals surface area (Å²) in [5.74, 6) is 0. The Labute approximate surface area is 150 Å². The Hall–Kier alpha value is -1.98. The van der Waals surface area contributed by atoms with E-state index < -0.39 is 5.60 Å². The van der Waals surface area contributed by atoms with E-state index in [9.17, 15) is 4.79 Å². The van der Waals surface area contributed by atoms with Crippen LogP contribution in [0.5, 0.6) is 0 Å². The maximum Gasteiger partial charge on any atom is 0.216 e. The third-order valence-corrected chi connectivity index (χ3v) is 3.93. The molecule has 0 saturated heterocycles. The number of halogens is 1. The zero-order valence-corrected chi connectivity index (χ0v) is 15.1. The number of methoxy groups -OCH3 is 1. The van der Waals surface area contributed by atoms with Crippen LogP contribution in [0.15, 0.2) is 65.8 Å². The minimum absolute atomic E-state index is 0.141. The zero-order valence-electron chi connectivity index (χ0n) is 13.5. The number of aldehydes is 1. The fourth-order valence-corrected chi connectivity index (χ4v) is 2.93. The molecule has 0 N–H and O–H groups in total. The van der Waals surface area contributed by atoms with Crippen molar-refractivity contribution in [2.75, 3.05) is 19.0 Å². The fraction of sp³-hybridized carbons (Fsp3) is 0.263. The molecule has 24 heavy (non-hydrogen) atoms. The minimum atomic E-state index is -1.10. The Bertz CT molecular complexity index is 611. The van der Waals surface area contributed by atoms with Gasteiger partial charge in [-0.2, -0.15) is 0 Å². The van der Waals surface area contributed by atoms with E-state index in [1.807, 2.05) is 60.7 Å². The normalized spacial score (nSPS) is 12.9. The first kappa shape index (κ1) is 18.4. The lowest BCUT2D eigenvalue weighted by Gasteiger charge is -2.24. The standard InChI is InChI=1S/C19H20BrNO3/c1-23-15-19(14-22,12-13-20)24-21-18(16-8-4-2-5-9-16)17-10-6-3-7-11-17/h2-11,14H,12-13,15H2,1H3. The quantitative estimate of drug-likeness (QED) is 0.283. The van der Waals surface area contributed by atoms with Gasteiger partial charge in [0.05, 0.1) is 6.61 Å². The maximum absolute atomic E-state index is 11.6. The van der Waals surface area contributed by atoms with Gasteiger partial charge in [-0.3, -0.25) is 4.79 Å². The second-order valence-corrected chi connectivity index (χ2v) is 6.11. The lowest BCUT2D eigenvalue weighted by Crippen LogP contribution is -2.39. The molecule has 126 valence electrons. The molecule has 0 bridgehead atoms. The first-order valence-corrected chi connectivity index (χ1v) is 8.75. The molecule has 0 amide bonds. The number of carbonyl (C=O) groups is 1. The van der Waals surface area contributed by atoms with Crippen LogP contribution in [-0.2, 0) is 14.4 Å². The van der Waals surface area contributed by atoms with Crippen LogP contribution in [0.1, 0.15) is 17.5 Å². The predicted molar refractivity (Wildman–Crippen MR) is 98.7 cm³/mol. The molecular weight excluding hydrogens is 370 g/mol. The lowest BCUT2D eigenvalue weighted by atomic mass is 10.0. The number of hydrogen-bond donors (Lipinski definition) is 0. The van der Waals surface area contributed by atoms with Gasteiger partial charge in [-0.1, -0.05) is 81.7 Å². The van der Waals surface area contributed by atoms with E-state index in [0.717, 1.165) is 17.4 Å². The van der Waals surface area contributed by atoms with Crippen LogP contribution < -0.4 is 0 Å². The highest BCUT2D eigenvalue weighted by Crippen LogP contribution is 2.19. The highest BCUT2D eigenvalue weighted by atomic mass is 79.9. The summed E-state index contributed by atoms with van der Waals surface area (Å²) in [5, 5.41) is 4.94. The number of carbonyl (C=O) groups excluding carboxylic acids is 1. The zero-order chi connectivity index (χ0) is 17.3. The number of oxime groups is 1. The third-order valence-electron chi connectivity index (χ3n) is 3.53. The molecule has 2 rings (SSSR count). The molecule has 0 radical (unpaired) electrons.